The van der Waals surface area contributed by atoms with E-state index in [-0.39, 0.29) is 0 Å². The normalized spacial score (nSPS) is 13.7. The van der Waals surface area contributed by atoms with Crippen LogP contribution in [-0.2, 0) is 0 Å². The zero-order valence-electron chi connectivity index (χ0n) is 14.2. The summed E-state index contributed by atoms with van der Waals surface area (Å²) >= 11 is 5.96. The Morgan fingerprint density at radius 3 is 1.92 bits per heavy atom. The summed E-state index contributed by atoms with van der Waals surface area (Å²) in [5.74, 6) is 1.71. The molecule has 3 aromatic rings. The maximum atomic E-state index is 5.96. The van der Waals surface area contributed by atoms with Crippen molar-refractivity contribution >= 4 is 40.8 Å². The van der Waals surface area contributed by atoms with E-state index in [2.05, 4.69) is 30.5 Å². The summed E-state index contributed by atoms with van der Waals surface area (Å²) in [6.07, 6.45) is 2.32. The number of halogens is 1. The van der Waals surface area contributed by atoms with E-state index in [1.807, 2.05) is 54.6 Å². The van der Waals surface area contributed by atoms with Gasteiger partial charge >= 0.3 is 0 Å². The topological polar surface area (TPSA) is 66.0 Å². The Morgan fingerprint density at radius 2 is 1.31 bits per heavy atom. The summed E-state index contributed by atoms with van der Waals surface area (Å²) in [5, 5.41) is 7.18. The van der Waals surface area contributed by atoms with Gasteiger partial charge in [0.25, 0.3) is 0 Å². The molecule has 6 nitrogen and oxygen atoms in total. The molecule has 132 valence electrons. The van der Waals surface area contributed by atoms with Gasteiger partial charge in [0, 0.05) is 29.5 Å². The molecule has 2 heterocycles. The van der Waals surface area contributed by atoms with Gasteiger partial charge in [-0.15, -0.1) is 0 Å². The summed E-state index contributed by atoms with van der Waals surface area (Å²) in [4.78, 5) is 15.9. The van der Waals surface area contributed by atoms with Crippen LogP contribution in [0.4, 0.5) is 29.2 Å². The summed E-state index contributed by atoms with van der Waals surface area (Å²) in [6, 6.07) is 17.3. The first kappa shape index (κ1) is 16.6. The van der Waals surface area contributed by atoms with E-state index in [1.54, 1.807) is 0 Å². The molecule has 0 unspecified atom stereocenters. The summed E-state index contributed by atoms with van der Waals surface area (Å²) in [6.45, 7) is 1.93. The quantitative estimate of drug-likeness (QED) is 0.687. The third-order valence-electron chi connectivity index (χ3n) is 4.14. The summed E-state index contributed by atoms with van der Waals surface area (Å²) in [7, 11) is 0. The largest absolute Gasteiger partial charge is 0.341 e. The Bertz CT molecular complexity index is 863. The molecule has 1 aliphatic rings. The van der Waals surface area contributed by atoms with Crippen LogP contribution in [0.5, 0.6) is 0 Å². The average Bonchev–Trinajstić information content (AvgIpc) is 3.19. The Balaban J connectivity index is 1.64. The maximum Gasteiger partial charge on any atom is 0.233 e. The lowest BCUT2D eigenvalue weighted by Crippen LogP contribution is -2.21. The van der Waals surface area contributed by atoms with Gasteiger partial charge in [0.1, 0.15) is 0 Å². The molecule has 0 saturated carbocycles. The van der Waals surface area contributed by atoms with E-state index in [9.17, 15) is 0 Å². The van der Waals surface area contributed by atoms with Crippen LogP contribution in [0.3, 0.4) is 0 Å². The molecule has 0 spiro atoms. The van der Waals surface area contributed by atoms with Crippen molar-refractivity contribution in [1.82, 2.24) is 15.0 Å². The highest BCUT2D eigenvalue weighted by atomic mass is 35.5. The van der Waals surface area contributed by atoms with E-state index in [0.29, 0.717) is 22.9 Å². The molecule has 1 aromatic heterocycles. The maximum absolute atomic E-state index is 5.96. The molecule has 1 saturated heterocycles. The average molecular weight is 367 g/mol. The van der Waals surface area contributed by atoms with Crippen LogP contribution < -0.4 is 15.5 Å². The lowest BCUT2D eigenvalue weighted by atomic mass is 10.3. The molecule has 0 radical (unpaired) electrons. The van der Waals surface area contributed by atoms with Crippen LogP contribution in [0.1, 0.15) is 12.8 Å². The number of anilines is 5. The molecule has 2 N–H and O–H groups in total. The van der Waals surface area contributed by atoms with Crippen LogP contribution in [-0.4, -0.2) is 28.0 Å². The van der Waals surface area contributed by atoms with E-state index in [0.717, 1.165) is 37.3 Å². The fourth-order valence-electron chi connectivity index (χ4n) is 2.85. The minimum absolute atomic E-state index is 0.502. The van der Waals surface area contributed by atoms with Crippen molar-refractivity contribution in [2.24, 2.45) is 0 Å². The highest BCUT2D eigenvalue weighted by Gasteiger charge is 2.17. The number of nitrogens with zero attached hydrogens (tertiary/aromatic N) is 4. The second-order valence-electron chi connectivity index (χ2n) is 6.10. The predicted molar refractivity (Wildman–Crippen MR) is 106 cm³/mol. The van der Waals surface area contributed by atoms with Crippen LogP contribution in [0.25, 0.3) is 0 Å². The van der Waals surface area contributed by atoms with Crippen molar-refractivity contribution in [2.45, 2.75) is 12.8 Å². The van der Waals surface area contributed by atoms with Gasteiger partial charge in [-0.2, -0.15) is 15.0 Å². The van der Waals surface area contributed by atoms with E-state index >= 15 is 0 Å². The van der Waals surface area contributed by atoms with E-state index in [1.165, 1.54) is 0 Å². The standard InChI is InChI=1S/C19H19ClN6/c20-14-8-10-16(11-9-14)22-18-23-17(21-15-6-2-1-3-7-15)24-19(25-18)26-12-4-5-13-26/h1-3,6-11H,4-5,12-13H2,(H2,21,22,23,24,25). The third kappa shape index (κ3) is 4.03. The number of aromatic nitrogens is 3. The number of hydrogen-bond acceptors (Lipinski definition) is 6. The molecule has 0 bridgehead atoms. The van der Waals surface area contributed by atoms with Crippen molar-refractivity contribution in [1.29, 1.82) is 0 Å². The van der Waals surface area contributed by atoms with E-state index in [4.69, 9.17) is 11.6 Å². The first-order valence-corrected chi connectivity index (χ1v) is 9.00. The molecule has 1 fully saturated rings. The predicted octanol–water partition coefficient (Wildman–Crippen LogP) is 4.61. The molecule has 1 aliphatic heterocycles. The first-order chi connectivity index (χ1) is 12.8. The molecule has 2 aromatic carbocycles. The Labute approximate surface area is 157 Å². The first-order valence-electron chi connectivity index (χ1n) is 8.62. The molecule has 7 heteroatoms. The molecule has 0 aliphatic carbocycles. The van der Waals surface area contributed by atoms with Crippen LogP contribution in [0.15, 0.2) is 54.6 Å². The monoisotopic (exact) mass is 366 g/mol. The molecular weight excluding hydrogens is 348 g/mol. The second-order valence-corrected chi connectivity index (χ2v) is 6.54. The van der Waals surface area contributed by atoms with Gasteiger partial charge in [-0.05, 0) is 49.2 Å². The van der Waals surface area contributed by atoms with Gasteiger partial charge < -0.3 is 15.5 Å². The highest BCUT2D eigenvalue weighted by Crippen LogP contribution is 2.23. The fraction of sp³-hybridized carbons (Fsp3) is 0.211. The van der Waals surface area contributed by atoms with Crippen molar-refractivity contribution in [2.75, 3.05) is 28.6 Å². The number of hydrogen-bond donors (Lipinski definition) is 2. The van der Waals surface area contributed by atoms with Gasteiger partial charge in [0.2, 0.25) is 17.8 Å². The zero-order chi connectivity index (χ0) is 17.8. The Kier molecular flexibility index (Phi) is 4.84. The van der Waals surface area contributed by atoms with Crippen molar-refractivity contribution < 1.29 is 0 Å². The molecular formula is C19H19ClN6. The van der Waals surface area contributed by atoms with Crippen LogP contribution >= 0.6 is 11.6 Å². The summed E-state index contributed by atoms with van der Waals surface area (Å²) in [5.41, 5.74) is 1.81. The second kappa shape index (κ2) is 7.58. The Hall–Kier alpha value is -2.86. The molecule has 26 heavy (non-hydrogen) atoms. The number of rotatable bonds is 5. The van der Waals surface area contributed by atoms with Crippen molar-refractivity contribution in [3.05, 3.63) is 59.6 Å². The number of benzene rings is 2. The van der Waals surface area contributed by atoms with Gasteiger partial charge in [0.05, 0.1) is 0 Å². The minimum atomic E-state index is 0.502. The van der Waals surface area contributed by atoms with Crippen molar-refractivity contribution in [3.8, 4) is 0 Å². The number of nitrogens with one attached hydrogen (secondary N) is 2. The third-order valence-corrected chi connectivity index (χ3v) is 4.39. The van der Waals surface area contributed by atoms with Gasteiger partial charge in [0.15, 0.2) is 0 Å². The molecule has 0 amide bonds. The van der Waals surface area contributed by atoms with Crippen molar-refractivity contribution in [3.63, 3.8) is 0 Å². The lowest BCUT2D eigenvalue weighted by molar-refractivity contribution is 0.886. The lowest BCUT2D eigenvalue weighted by Gasteiger charge is -2.17. The van der Waals surface area contributed by atoms with Crippen LogP contribution in [0.2, 0.25) is 5.02 Å². The van der Waals surface area contributed by atoms with Gasteiger partial charge in [-0.3, -0.25) is 0 Å². The zero-order valence-corrected chi connectivity index (χ0v) is 14.9. The van der Waals surface area contributed by atoms with E-state index < -0.39 is 0 Å². The van der Waals surface area contributed by atoms with Crippen LogP contribution in [0, 0.1) is 0 Å². The number of para-hydroxylation sites is 1. The molecule has 4 rings (SSSR count). The fourth-order valence-corrected chi connectivity index (χ4v) is 2.97. The minimum Gasteiger partial charge on any atom is -0.341 e. The van der Waals surface area contributed by atoms with Gasteiger partial charge in [-0.25, -0.2) is 0 Å². The van der Waals surface area contributed by atoms with Gasteiger partial charge in [-0.1, -0.05) is 29.8 Å². The summed E-state index contributed by atoms with van der Waals surface area (Å²) < 4.78 is 0. The Morgan fingerprint density at radius 1 is 0.731 bits per heavy atom. The molecule has 0 atom stereocenters. The highest BCUT2D eigenvalue weighted by molar-refractivity contribution is 6.30. The smallest absolute Gasteiger partial charge is 0.233 e. The SMILES string of the molecule is Clc1ccc(Nc2nc(Nc3ccccc3)nc(N3CCCC3)n2)cc1.